The van der Waals surface area contributed by atoms with Gasteiger partial charge in [0, 0.05) is 31.2 Å². The van der Waals surface area contributed by atoms with E-state index in [1.807, 2.05) is 6.07 Å². The van der Waals surface area contributed by atoms with Crippen molar-refractivity contribution in [3.8, 4) is 11.8 Å². The Kier molecular flexibility index (Phi) is 5.51. The lowest BCUT2D eigenvalue weighted by atomic mass is 10.0. The highest BCUT2D eigenvalue weighted by Gasteiger charge is 2.40. The fourth-order valence-corrected chi connectivity index (χ4v) is 4.84. The molecule has 1 fully saturated rings. The van der Waals surface area contributed by atoms with Gasteiger partial charge >= 0.3 is 0 Å². The number of hydrogen-bond donors (Lipinski definition) is 2. The fourth-order valence-electron chi connectivity index (χ4n) is 4.09. The van der Waals surface area contributed by atoms with Gasteiger partial charge in [-0.2, -0.15) is 5.26 Å². The van der Waals surface area contributed by atoms with Gasteiger partial charge in [0.2, 0.25) is 10.0 Å². The number of fused-ring (bicyclic) bond motifs is 1. The molecule has 0 saturated carbocycles. The van der Waals surface area contributed by atoms with Crippen LogP contribution in [0.5, 0.6) is 5.75 Å². The summed E-state index contributed by atoms with van der Waals surface area (Å²) in [6.45, 7) is 3.57. The number of primary sulfonamides is 1. The fraction of sp³-hybridized carbons (Fsp3) is 0.350. The van der Waals surface area contributed by atoms with Crippen molar-refractivity contribution < 1.29 is 13.2 Å². The Morgan fingerprint density at radius 3 is 2.52 bits per heavy atom. The summed E-state index contributed by atoms with van der Waals surface area (Å²) in [6, 6.07) is 11.9. The third-order valence-electron chi connectivity index (χ3n) is 5.47. The van der Waals surface area contributed by atoms with Crippen LogP contribution in [-0.4, -0.2) is 45.5 Å². The lowest BCUT2D eigenvalue weighted by Crippen LogP contribution is -2.50. The van der Waals surface area contributed by atoms with E-state index < -0.39 is 10.0 Å². The van der Waals surface area contributed by atoms with Crippen LogP contribution in [0.1, 0.15) is 22.8 Å². The molecule has 0 radical (unpaired) electrons. The van der Waals surface area contributed by atoms with Gasteiger partial charge in [-0.1, -0.05) is 11.6 Å². The topological polar surface area (TPSA) is 108 Å². The minimum atomic E-state index is -3.76. The highest BCUT2D eigenvalue weighted by atomic mass is 35.5. The van der Waals surface area contributed by atoms with Crippen LogP contribution in [0.4, 0.5) is 0 Å². The number of benzene rings is 2. The molecule has 4 rings (SSSR count). The Hall–Kier alpha value is -2.15. The lowest BCUT2D eigenvalue weighted by Gasteiger charge is -2.36. The smallest absolute Gasteiger partial charge is 0.238 e. The second-order valence-corrected chi connectivity index (χ2v) is 9.24. The van der Waals surface area contributed by atoms with Crippen molar-refractivity contribution >= 4 is 21.6 Å². The summed E-state index contributed by atoms with van der Waals surface area (Å²) >= 11 is 6.27. The number of rotatable bonds is 4. The number of halogens is 1. The summed E-state index contributed by atoms with van der Waals surface area (Å²) < 4.78 is 29.3. The van der Waals surface area contributed by atoms with E-state index in [1.54, 1.807) is 18.2 Å². The molecule has 1 aliphatic carbocycles. The van der Waals surface area contributed by atoms with E-state index in [9.17, 15) is 13.7 Å². The lowest BCUT2D eigenvalue weighted by molar-refractivity contribution is 0.0693. The summed E-state index contributed by atoms with van der Waals surface area (Å²) in [7, 11) is -3.76. The van der Waals surface area contributed by atoms with Crippen molar-refractivity contribution in [3.63, 3.8) is 0 Å². The Labute approximate surface area is 175 Å². The number of nitrogens with two attached hydrogens (primary N) is 1. The molecule has 1 aliphatic heterocycles. The van der Waals surface area contributed by atoms with Gasteiger partial charge in [0.15, 0.2) is 0 Å². The highest BCUT2D eigenvalue weighted by Crippen LogP contribution is 2.41. The first-order valence-electron chi connectivity index (χ1n) is 9.33. The van der Waals surface area contributed by atoms with E-state index in [0.717, 1.165) is 37.3 Å². The predicted molar refractivity (Wildman–Crippen MR) is 109 cm³/mol. The largest absolute Gasteiger partial charge is 0.484 e. The Bertz CT molecular complexity index is 1060. The molecule has 0 spiro atoms. The average molecular weight is 433 g/mol. The molecule has 2 aromatic carbocycles. The summed E-state index contributed by atoms with van der Waals surface area (Å²) in [6.07, 6.45) is 0.393. The van der Waals surface area contributed by atoms with Crippen LogP contribution in [0.2, 0.25) is 5.02 Å². The Balaban J connectivity index is 1.69. The van der Waals surface area contributed by atoms with Crippen LogP contribution in [0.25, 0.3) is 0 Å². The molecule has 2 atom stereocenters. The molecule has 1 heterocycles. The molecular formula is C20H21ClN4O3S. The molecule has 0 aromatic heterocycles. The first-order chi connectivity index (χ1) is 13.9. The number of ether oxygens (including phenoxy) is 1. The number of hydrogen-bond acceptors (Lipinski definition) is 6. The molecule has 7 nitrogen and oxygen atoms in total. The van der Waals surface area contributed by atoms with Gasteiger partial charge in [0.1, 0.15) is 11.9 Å². The third-order valence-corrected chi connectivity index (χ3v) is 6.62. The average Bonchev–Trinajstić information content (AvgIpc) is 3.06. The van der Waals surface area contributed by atoms with Gasteiger partial charge in [0.05, 0.1) is 22.6 Å². The second-order valence-electron chi connectivity index (χ2n) is 7.25. The summed E-state index contributed by atoms with van der Waals surface area (Å²) in [4.78, 5) is 2.40. The van der Waals surface area contributed by atoms with Crippen molar-refractivity contribution in [1.82, 2.24) is 10.2 Å². The van der Waals surface area contributed by atoms with Crippen molar-refractivity contribution in [2.45, 2.75) is 23.5 Å². The zero-order valence-electron chi connectivity index (χ0n) is 15.6. The SMILES string of the molecule is N#Cc1cc(Cl)cc2c1C[C@H](N1CCNCC1)[C@H]2Oc1ccc(S(N)(=O)=O)cc1. The monoisotopic (exact) mass is 432 g/mol. The van der Waals surface area contributed by atoms with E-state index in [1.165, 1.54) is 12.1 Å². The van der Waals surface area contributed by atoms with E-state index in [2.05, 4.69) is 16.3 Å². The van der Waals surface area contributed by atoms with Gasteiger partial charge in [-0.3, -0.25) is 4.90 Å². The van der Waals surface area contributed by atoms with Crippen LogP contribution in [0.15, 0.2) is 41.3 Å². The molecule has 9 heteroatoms. The number of sulfonamides is 1. The highest BCUT2D eigenvalue weighted by molar-refractivity contribution is 7.89. The van der Waals surface area contributed by atoms with Gasteiger partial charge < -0.3 is 10.1 Å². The molecule has 0 bridgehead atoms. The van der Waals surface area contributed by atoms with E-state index >= 15 is 0 Å². The van der Waals surface area contributed by atoms with Crippen LogP contribution in [0, 0.1) is 11.3 Å². The molecule has 152 valence electrons. The predicted octanol–water partition coefficient (Wildman–Crippen LogP) is 1.81. The van der Waals surface area contributed by atoms with E-state index in [-0.39, 0.29) is 17.0 Å². The third kappa shape index (κ3) is 4.10. The maximum atomic E-state index is 11.5. The Morgan fingerprint density at radius 1 is 1.21 bits per heavy atom. The number of nitrogens with one attached hydrogen (secondary N) is 1. The molecule has 0 unspecified atom stereocenters. The second kappa shape index (κ2) is 7.94. The molecule has 1 saturated heterocycles. The standard InChI is InChI=1S/C20H21ClN4O3S/c21-14-9-13(12-22)17-11-19(25-7-5-24-6-8-25)20(18(17)10-14)28-15-1-3-16(4-2-15)29(23,26)27/h1-4,9-10,19-20,24H,5-8,11H2,(H2,23,26,27)/t19-,20-/m0/s1. The molecule has 0 amide bonds. The summed E-state index contributed by atoms with van der Waals surface area (Å²) in [5.41, 5.74) is 2.45. The van der Waals surface area contributed by atoms with Crippen LogP contribution >= 0.6 is 11.6 Å². The quantitative estimate of drug-likeness (QED) is 0.762. The molecule has 29 heavy (non-hydrogen) atoms. The van der Waals surface area contributed by atoms with Gasteiger partial charge in [-0.05, 0) is 53.9 Å². The zero-order chi connectivity index (χ0) is 20.6. The first-order valence-corrected chi connectivity index (χ1v) is 11.3. The maximum Gasteiger partial charge on any atom is 0.238 e. The molecular weight excluding hydrogens is 412 g/mol. The van der Waals surface area contributed by atoms with Crippen LogP contribution < -0.4 is 15.2 Å². The Morgan fingerprint density at radius 2 is 1.90 bits per heavy atom. The number of piperazine rings is 1. The van der Waals surface area contributed by atoms with Gasteiger partial charge in [-0.25, -0.2) is 13.6 Å². The summed E-state index contributed by atoms with van der Waals surface area (Å²) in [5, 5.41) is 18.6. The minimum absolute atomic E-state index is 0.0325. The molecule has 2 aliphatic rings. The van der Waals surface area contributed by atoms with Gasteiger partial charge in [0.25, 0.3) is 0 Å². The van der Waals surface area contributed by atoms with Gasteiger partial charge in [-0.15, -0.1) is 0 Å². The number of nitriles is 1. The van der Waals surface area contributed by atoms with E-state index in [4.69, 9.17) is 21.5 Å². The number of nitrogens with zero attached hydrogens (tertiary/aromatic N) is 2. The van der Waals surface area contributed by atoms with Crippen molar-refractivity contribution in [2.75, 3.05) is 26.2 Å². The van der Waals surface area contributed by atoms with Crippen molar-refractivity contribution in [1.29, 1.82) is 5.26 Å². The summed E-state index contributed by atoms with van der Waals surface area (Å²) in [5.74, 6) is 0.536. The van der Waals surface area contributed by atoms with Crippen LogP contribution in [-0.2, 0) is 16.4 Å². The van der Waals surface area contributed by atoms with Crippen LogP contribution in [0.3, 0.4) is 0 Å². The van der Waals surface area contributed by atoms with Crippen molar-refractivity contribution in [2.24, 2.45) is 5.14 Å². The zero-order valence-corrected chi connectivity index (χ0v) is 17.2. The maximum absolute atomic E-state index is 11.5. The van der Waals surface area contributed by atoms with Crippen molar-refractivity contribution in [3.05, 3.63) is 58.1 Å². The normalized spacial score (nSPS) is 22.1. The molecule has 2 aromatic rings. The minimum Gasteiger partial charge on any atom is -0.484 e. The molecule has 3 N–H and O–H groups in total. The van der Waals surface area contributed by atoms with E-state index in [0.29, 0.717) is 22.8 Å². The first kappa shape index (κ1) is 20.1.